The lowest BCUT2D eigenvalue weighted by molar-refractivity contribution is -0.736. The van der Waals surface area contributed by atoms with Crippen molar-refractivity contribution in [2.75, 3.05) is 0 Å². The van der Waals surface area contributed by atoms with Gasteiger partial charge in [-0.3, -0.25) is 19.4 Å². The molecule has 0 saturated heterocycles. The number of benzene rings is 1. The van der Waals surface area contributed by atoms with Crippen LogP contribution >= 0.6 is 0 Å². The molecule has 0 saturated carbocycles. The number of rotatable bonds is 3. The number of carboxylic acids is 2. The van der Waals surface area contributed by atoms with Crippen LogP contribution in [0.25, 0.3) is 10.9 Å². The first-order valence-corrected chi connectivity index (χ1v) is 6.90. The smallest absolute Gasteiger partial charge is 0.403 e. The molecule has 0 spiro atoms. The molecule has 1 aromatic carbocycles. The lowest BCUT2D eigenvalue weighted by Crippen LogP contribution is -2.32. The third-order valence-electron chi connectivity index (χ3n) is 3.88. The van der Waals surface area contributed by atoms with Gasteiger partial charge in [0.2, 0.25) is 5.91 Å². The highest BCUT2D eigenvalue weighted by Gasteiger charge is 2.50. The number of para-hydroxylation sites is 1. The minimum Gasteiger partial charge on any atom is -0.480 e. The number of nitrogens with zero attached hydrogens (tertiary/aromatic N) is 2. The number of carbonyl (C=O) groups is 3. The van der Waals surface area contributed by atoms with E-state index in [2.05, 4.69) is 4.84 Å². The van der Waals surface area contributed by atoms with Crippen LogP contribution in [-0.4, -0.2) is 49.3 Å². The summed E-state index contributed by atoms with van der Waals surface area (Å²) in [6, 6.07) is 6.61. The molecular weight excluding hydrogens is 320 g/mol. The number of hydrogen-bond acceptors (Lipinski definition) is 5. The molecule has 124 valence electrons. The minimum atomic E-state index is -1.69. The highest BCUT2D eigenvalue weighted by atomic mass is 16.9. The van der Waals surface area contributed by atoms with Crippen molar-refractivity contribution >= 4 is 34.5 Å². The van der Waals surface area contributed by atoms with Crippen LogP contribution in [-0.2, 0) is 14.4 Å². The lowest BCUT2D eigenvalue weighted by Gasteiger charge is -2.13. The number of fused-ring (bicyclic) bond motifs is 1. The van der Waals surface area contributed by atoms with Crippen molar-refractivity contribution in [1.82, 2.24) is 4.57 Å². The van der Waals surface area contributed by atoms with E-state index in [0.29, 0.717) is 10.9 Å². The van der Waals surface area contributed by atoms with E-state index in [0.717, 1.165) is 0 Å². The first-order chi connectivity index (χ1) is 11.3. The molecule has 0 fully saturated rings. The zero-order valence-electron chi connectivity index (χ0n) is 12.4. The maximum Gasteiger partial charge on any atom is 0.403 e. The van der Waals surface area contributed by atoms with Crippen molar-refractivity contribution in [2.45, 2.75) is 18.9 Å². The van der Waals surface area contributed by atoms with Crippen molar-refractivity contribution in [3.8, 4) is 0 Å². The first kappa shape index (κ1) is 15.5. The van der Waals surface area contributed by atoms with Gasteiger partial charge in [-0.15, -0.1) is 0 Å². The van der Waals surface area contributed by atoms with Crippen LogP contribution in [0.1, 0.15) is 23.2 Å². The van der Waals surface area contributed by atoms with Gasteiger partial charge in [0.1, 0.15) is 5.92 Å². The van der Waals surface area contributed by atoms with Crippen LogP contribution < -0.4 is 0 Å². The maximum absolute atomic E-state index is 11.8. The Hall–Kier alpha value is -3.36. The van der Waals surface area contributed by atoms with Gasteiger partial charge in [-0.25, -0.2) is 4.79 Å². The summed E-state index contributed by atoms with van der Waals surface area (Å²) in [6.45, 7) is 1.32. The standard InChI is InChI=1S/C15H12N2O7/c1-7(18)16-6-9(8-4-2-3-5-10(8)16)11-12(14(19)20)17(23)24-13(11)15(21)22/h2-6,11,13H,1H3,(H,19,20)(H,21,22). The third kappa shape index (κ3) is 2.18. The van der Waals surface area contributed by atoms with Crippen LogP contribution in [0.3, 0.4) is 0 Å². The first-order valence-electron chi connectivity index (χ1n) is 6.90. The average Bonchev–Trinajstić information content (AvgIpc) is 3.05. The molecule has 2 aromatic rings. The van der Waals surface area contributed by atoms with Crippen LogP contribution in [0.4, 0.5) is 0 Å². The van der Waals surface area contributed by atoms with Gasteiger partial charge in [-0.1, -0.05) is 18.2 Å². The molecule has 0 aliphatic carbocycles. The number of carboxylic acid groups (broad SMARTS) is 2. The second-order valence-electron chi connectivity index (χ2n) is 5.28. The van der Waals surface area contributed by atoms with Crippen molar-refractivity contribution in [2.24, 2.45) is 0 Å². The van der Waals surface area contributed by atoms with E-state index < -0.39 is 29.7 Å². The van der Waals surface area contributed by atoms with E-state index in [4.69, 9.17) is 0 Å². The molecule has 2 heterocycles. The predicted molar refractivity (Wildman–Crippen MR) is 79.8 cm³/mol. The van der Waals surface area contributed by atoms with Crippen LogP contribution in [0.15, 0.2) is 30.5 Å². The molecule has 9 nitrogen and oxygen atoms in total. The van der Waals surface area contributed by atoms with E-state index in [1.165, 1.54) is 17.7 Å². The third-order valence-corrected chi connectivity index (χ3v) is 3.88. The Morgan fingerprint density at radius 1 is 1.25 bits per heavy atom. The van der Waals surface area contributed by atoms with Crippen molar-refractivity contribution in [3.05, 3.63) is 41.2 Å². The molecule has 1 aromatic heterocycles. The average molecular weight is 332 g/mol. The Morgan fingerprint density at radius 3 is 2.50 bits per heavy atom. The van der Waals surface area contributed by atoms with Gasteiger partial charge in [0.25, 0.3) is 0 Å². The van der Waals surface area contributed by atoms with Gasteiger partial charge in [-0.05, 0) is 11.6 Å². The van der Waals surface area contributed by atoms with Gasteiger partial charge in [-0.2, -0.15) is 0 Å². The maximum atomic E-state index is 11.8. The van der Waals surface area contributed by atoms with E-state index in [-0.39, 0.29) is 16.4 Å². The van der Waals surface area contributed by atoms with E-state index in [1.54, 1.807) is 24.3 Å². The summed E-state index contributed by atoms with van der Waals surface area (Å²) in [7, 11) is 0. The molecule has 0 radical (unpaired) electrons. The summed E-state index contributed by atoms with van der Waals surface area (Å²) in [5.41, 5.74) is -0.0315. The Bertz CT molecular complexity index is 912. The molecule has 3 rings (SSSR count). The Kier molecular flexibility index (Phi) is 3.48. The summed E-state index contributed by atoms with van der Waals surface area (Å²) >= 11 is 0. The van der Waals surface area contributed by atoms with Crippen LogP contribution in [0, 0.1) is 5.21 Å². The fourth-order valence-electron chi connectivity index (χ4n) is 2.90. The van der Waals surface area contributed by atoms with Crippen LogP contribution in [0.5, 0.6) is 0 Å². The van der Waals surface area contributed by atoms with Crippen molar-refractivity contribution in [1.29, 1.82) is 0 Å². The highest BCUT2D eigenvalue weighted by molar-refractivity contribution is 6.36. The zero-order chi connectivity index (χ0) is 17.6. The van der Waals surface area contributed by atoms with Crippen molar-refractivity contribution < 1.29 is 34.3 Å². The molecule has 9 heteroatoms. The Balaban J connectivity index is 2.29. The van der Waals surface area contributed by atoms with Crippen LogP contribution in [0.2, 0.25) is 0 Å². The second kappa shape index (κ2) is 5.37. The highest BCUT2D eigenvalue weighted by Crippen LogP contribution is 2.35. The largest absolute Gasteiger partial charge is 0.480 e. The number of hydrogen-bond donors (Lipinski definition) is 2. The summed E-state index contributed by atoms with van der Waals surface area (Å²) in [4.78, 5) is 39.0. The molecule has 1 aliphatic heterocycles. The van der Waals surface area contributed by atoms with Crippen molar-refractivity contribution in [3.63, 3.8) is 0 Å². The molecule has 0 bridgehead atoms. The SMILES string of the molecule is CC(=O)n1cc(C2C(C(=O)O)=[N+]([O-])OC2C(=O)O)c2ccccc21. The topological polar surface area (TPSA) is 132 Å². The molecule has 24 heavy (non-hydrogen) atoms. The number of aliphatic carboxylic acids is 2. The lowest BCUT2D eigenvalue weighted by atomic mass is 9.89. The Labute approximate surface area is 134 Å². The second-order valence-corrected chi connectivity index (χ2v) is 5.28. The molecule has 2 atom stereocenters. The number of carbonyl (C=O) groups excluding carboxylic acids is 1. The summed E-state index contributed by atoms with van der Waals surface area (Å²) in [5, 5.41) is 30.8. The molecule has 2 unspecified atom stereocenters. The monoisotopic (exact) mass is 332 g/mol. The Morgan fingerprint density at radius 2 is 1.92 bits per heavy atom. The van der Waals surface area contributed by atoms with E-state index in [9.17, 15) is 29.8 Å². The van der Waals surface area contributed by atoms with Gasteiger partial charge in [0.05, 0.1) is 10.4 Å². The molecule has 1 aliphatic rings. The predicted octanol–water partition coefficient (Wildman–Crippen LogP) is 0.819. The molecular formula is C15H12N2O7. The van der Waals surface area contributed by atoms with Gasteiger partial charge < -0.3 is 15.1 Å². The summed E-state index contributed by atoms with van der Waals surface area (Å²) in [5.74, 6) is -4.74. The molecule has 0 amide bonds. The summed E-state index contributed by atoms with van der Waals surface area (Å²) < 4.78 is 1.27. The van der Waals surface area contributed by atoms with Gasteiger partial charge >= 0.3 is 17.7 Å². The summed E-state index contributed by atoms with van der Waals surface area (Å²) in [6.07, 6.45) is -0.348. The normalized spacial score (nSPS) is 20.2. The number of aromatic nitrogens is 1. The quantitative estimate of drug-likeness (QED) is 0.795. The fourth-order valence-corrected chi connectivity index (χ4v) is 2.90. The van der Waals surface area contributed by atoms with E-state index >= 15 is 0 Å². The van der Waals surface area contributed by atoms with Gasteiger partial charge in [0, 0.05) is 18.5 Å². The van der Waals surface area contributed by atoms with Gasteiger partial charge in [0.15, 0.2) is 6.10 Å². The van der Waals surface area contributed by atoms with E-state index in [1.807, 2.05) is 0 Å². The minimum absolute atomic E-state index is 0.226. The zero-order valence-corrected chi connectivity index (χ0v) is 12.4. The fraction of sp³-hybridized carbons (Fsp3) is 0.200. The molecule has 2 N–H and O–H groups in total.